The molecule has 0 aliphatic carbocycles. The van der Waals surface area contributed by atoms with Crippen molar-refractivity contribution >= 4 is 13.6 Å². The first kappa shape index (κ1) is 17.9. The van der Waals surface area contributed by atoms with Gasteiger partial charge in [-0.3, -0.25) is 9.36 Å². The lowest BCUT2D eigenvalue weighted by Crippen LogP contribution is -2.26. The van der Waals surface area contributed by atoms with Gasteiger partial charge in [-0.25, -0.2) is 0 Å². The van der Waals surface area contributed by atoms with Crippen LogP contribution in [0, 0.1) is 5.92 Å². The second-order valence-electron chi connectivity index (χ2n) is 5.02. The molecule has 1 aromatic rings. The van der Waals surface area contributed by atoms with E-state index in [0.717, 1.165) is 5.56 Å². The molecule has 0 amide bonds. The van der Waals surface area contributed by atoms with E-state index in [-0.39, 0.29) is 13.0 Å². The van der Waals surface area contributed by atoms with Crippen LogP contribution in [-0.2, 0) is 20.5 Å². The maximum absolute atomic E-state index is 11.7. The first-order valence-corrected chi connectivity index (χ1v) is 8.81. The molecule has 2 unspecified atom stereocenters. The molecule has 21 heavy (non-hydrogen) atoms. The first-order chi connectivity index (χ1) is 9.88. The van der Waals surface area contributed by atoms with Gasteiger partial charge in [0.2, 0.25) is 0 Å². The topological polar surface area (TPSA) is 83.8 Å². The zero-order valence-corrected chi connectivity index (χ0v) is 13.3. The lowest BCUT2D eigenvalue weighted by Gasteiger charge is -2.26. The third-order valence-electron chi connectivity index (χ3n) is 3.47. The van der Waals surface area contributed by atoms with Crippen molar-refractivity contribution in [2.24, 2.45) is 5.92 Å². The van der Waals surface area contributed by atoms with Gasteiger partial charge in [0.05, 0.1) is 12.3 Å². The van der Waals surface area contributed by atoms with Crippen molar-refractivity contribution in [1.29, 1.82) is 0 Å². The van der Waals surface area contributed by atoms with Gasteiger partial charge in [-0.15, -0.1) is 0 Å². The van der Waals surface area contributed by atoms with E-state index in [1.165, 1.54) is 0 Å². The Balaban J connectivity index is 2.93. The molecule has 0 aromatic heterocycles. The normalized spacial score (nSPS) is 14.5. The van der Waals surface area contributed by atoms with E-state index in [0.29, 0.717) is 12.8 Å². The summed E-state index contributed by atoms with van der Waals surface area (Å²) in [6.45, 7) is 3.71. The van der Waals surface area contributed by atoms with Gasteiger partial charge in [0, 0.05) is 6.42 Å². The standard InChI is InChI=1S/C15H23O5P/c1-3-14(21(17,18)19)13(11-15(16)20-4-2)10-12-8-6-5-7-9-12/h5-9,13-14H,3-4,10-11H2,1-2H3,(H2,17,18,19). The van der Waals surface area contributed by atoms with Gasteiger partial charge in [0.15, 0.2) is 0 Å². The van der Waals surface area contributed by atoms with Crippen molar-refractivity contribution in [2.75, 3.05) is 6.61 Å². The van der Waals surface area contributed by atoms with Gasteiger partial charge in [-0.2, -0.15) is 0 Å². The van der Waals surface area contributed by atoms with Crippen LogP contribution in [0.4, 0.5) is 0 Å². The molecule has 0 spiro atoms. The number of hydrogen-bond donors (Lipinski definition) is 2. The van der Waals surface area contributed by atoms with Crippen molar-refractivity contribution in [2.45, 2.75) is 38.8 Å². The lowest BCUT2D eigenvalue weighted by atomic mass is 9.91. The SMILES string of the molecule is CCOC(=O)CC(Cc1ccccc1)C(CC)P(=O)(O)O. The van der Waals surface area contributed by atoms with E-state index in [1.54, 1.807) is 13.8 Å². The molecule has 0 fully saturated rings. The zero-order valence-electron chi connectivity index (χ0n) is 12.4. The lowest BCUT2D eigenvalue weighted by molar-refractivity contribution is -0.144. The molecule has 0 saturated carbocycles. The predicted molar refractivity (Wildman–Crippen MR) is 81.0 cm³/mol. The Labute approximate surface area is 125 Å². The van der Waals surface area contributed by atoms with Gasteiger partial charge in [0.25, 0.3) is 0 Å². The van der Waals surface area contributed by atoms with Gasteiger partial charge >= 0.3 is 13.6 Å². The monoisotopic (exact) mass is 314 g/mol. The highest BCUT2D eigenvalue weighted by Gasteiger charge is 2.36. The Bertz CT molecular complexity index is 482. The molecule has 118 valence electrons. The van der Waals surface area contributed by atoms with E-state index >= 15 is 0 Å². The molecule has 1 aromatic carbocycles. The minimum Gasteiger partial charge on any atom is -0.466 e. The summed E-state index contributed by atoms with van der Waals surface area (Å²) < 4.78 is 16.6. The van der Waals surface area contributed by atoms with E-state index in [2.05, 4.69) is 0 Å². The summed E-state index contributed by atoms with van der Waals surface area (Å²) in [6, 6.07) is 9.41. The number of carbonyl (C=O) groups is 1. The maximum atomic E-state index is 11.7. The quantitative estimate of drug-likeness (QED) is 0.569. The van der Waals surface area contributed by atoms with Crippen LogP contribution >= 0.6 is 7.60 Å². The summed E-state index contributed by atoms with van der Waals surface area (Å²) in [6.07, 6.45) is 0.788. The summed E-state index contributed by atoms with van der Waals surface area (Å²) in [7, 11) is -4.25. The zero-order chi connectivity index (χ0) is 15.9. The van der Waals surface area contributed by atoms with E-state index in [4.69, 9.17) is 4.74 Å². The predicted octanol–water partition coefficient (Wildman–Crippen LogP) is 2.75. The van der Waals surface area contributed by atoms with Crippen molar-refractivity contribution in [3.63, 3.8) is 0 Å². The van der Waals surface area contributed by atoms with Crippen molar-refractivity contribution in [3.05, 3.63) is 35.9 Å². The summed E-state index contributed by atoms with van der Waals surface area (Å²) in [5.74, 6) is -0.845. The highest BCUT2D eigenvalue weighted by atomic mass is 31.2. The number of ether oxygens (including phenoxy) is 1. The van der Waals surface area contributed by atoms with Gasteiger partial charge in [-0.1, -0.05) is 37.3 Å². The van der Waals surface area contributed by atoms with Crippen molar-refractivity contribution in [3.8, 4) is 0 Å². The summed E-state index contributed by atoms with van der Waals surface area (Å²) >= 11 is 0. The Hall–Kier alpha value is -1.16. The molecular formula is C15H23O5P. The molecule has 2 atom stereocenters. The van der Waals surface area contributed by atoms with Crippen LogP contribution in [0.2, 0.25) is 0 Å². The molecule has 2 N–H and O–H groups in total. The number of benzene rings is 1. The van der Waals surface area contributed by atoms with E-state index < -0.39 is 25.1 Å². The molecule has 0 bridgehead atoms. The average molecular weight is 314 g/mol. The third kappa shape index (κ3) is 6.00. The van der Waals surface area contributed by atoms with Gasteiger partial charge in [-0.05, 0) is 31.2 Å². The van der Waals surface area contributed by atoms with Gasteiger partial charge in [0.1, 0.15) is 0 Å². The number of esters is 1. The molecule has 0 aliphatic rings. The van der Waals surface area contributed by atoms with Crippen LogP contribution in [0.25, 0.3) is 0 Å². The minimum absolute atomic E-state index is 0.0202. The molecule has 0 aliphatic heterocycles. The van der Waals surface area contributed by atoms with Crippen molar-refractivity contribution in [1.82, 2.24) is 0 Å². The Morgan fingerprint density at radius 2 is 1.86 bits per heavy atom. The van der Waals surface area contributed by atoms with Crippen LogP contribution in [-0.4, -0.2) is 28.0 Å². The molecule has 0 heterocycles. The Morgan fingerprint density at radius 3 is 2.33 bits per heavy atom. The Morgan fingerprint density at radius 1 is 1.24 bits per heavy atom. The molecule has 1 rings (SSSR count). The minimum atomic E-state index is -4.25. The maximum Gasteiger partial charge on any atom is 0.328 e. The number of rotatable bonds is 8. The third-order valence-corrected chi connectivity index (χ3v) is 5.12. The highest BCUT2D eigenvalue weighted by Crippen LogP contribution is 2.48. The molecule has 5 nitrogen and oxygen atoms in total. The second-order valence-corrected chi connectivity index (χ2v) is 6.87. The molecule has 6 heteroatoms. The molecular weight excluding hydrogens is 291 g/mol. The van der Waals surface area contributed by atoms with Gasteiger partial charge < -0.3 is 14.5 Å². The van der Waals surface area contributed by atoms with Crippen LogP contribution in [0.15, 0.2) is 30.3 Å². The fraction of sp³-hybridized carbons (Fsp3) is 0.533. The first-order valence-electron chi connectivity index (χ1n) is 7.13. The van der Waals surface area contributed by atoms with Crippen LogP contribution in [0.1, 0.15) is 32.3 Å². The number of hydrogen-bond acceptors (Lipinski definition) is 3. The van der Waals surface area contributed by atoms with E-state index in [9.17, 15) is 19.1 Å². The molecule has 0 radical (unpaired) electrons. The fourth-order valence-electron chi connectivity index (χ4n) is 2.54. The summed E-state index contributed by atoms with van der Waals surface area (Å²) in [5, 5.41) is 0. The largest absolute Gasteiger partial charge is 0.466 e. The molecule has 0 saturated heterocycles. The van der Waals surface area contributed by atoms with Crippen molar-refractivity contribution < 1.29 is 23.9 Å². The summed E-state index contributed by atoms with van der Waals surface area (Å²) in [4.78, 5) is 30.8. The van der Waals surface area contributed by atoms with E-state index in [1.807, 2.05) is 30.3 Å². The van der Waals surface area contributed by atoms with Crippen LogP contribution in [0.5, 0.6) is 0 Å². The Kier molecular flexibility index (Phi) is 7.09. The second kappa shape index (κ2) is 8.32. The summed E-state index contributed by atoms with van der Waals surface area (Å²) in [5.41, 5.74) is 0.126. The number of carbonyl (C=O) groups excluding carboxylic acids is 1. The average Bonchev–Trinajstić information content (AvgIpc) is 2.39. The van der Waals surface area contributed by atoms with Crippen LogP contribution in [0.3, 0.4) is 0 Å². The smallest absolute Gasteiger partial charge is 0.328 e. The highest BCUT2D eigenvalue weighted by molar-refractivity contribution is 7.52. The van der Waals surface area contributed by atoms with Crippen LogP contribution < -0.4 is 0 Å². The fourth-order valence-corrected chi connectivity index (χ4v) is 3.78.